The molecule has 1 heterocycles. The van der Waals surface area contributed by atoms with Crippen LogP contribution in [0.15, 0.2) is 103 Å². The van der Waals surface area contributed by atoms with E-state index in [1.165, 1.54) is 44.3 Å². The molecule has 3 nitrogen and oxygen atoms in total. The molecule has 0 spiro atoms. The van der Waals surface area contributed by atoms with Crippen molar-refractivity contribution in [1.82, 2.24) is 4.98 Å². The van der Waals surface area contributed by atoms with Gasteiger partial charge in [-0.25, -0.2) is 0 Å². The third kappa shape index (κ3) is 8.28. The van der Waals surface area contributed by atoms with Crippen LogP contribution in [-0.2, 0) is 24.9 Å². The molecule has 0 aliphatic heterocycles. The standard InChI is InChI=1S/C26H18N.C13H24O2.Ir/c1-18-13-14-27-26(15-18)21-9-6-8-19(16-21)25-17-20-7-2-3-10-22(20)23-11-4-5-12-24(23)25;1-5-10(6-2)12(14)9-13(15)11(7-3)8-4;/h2-8,10-17H,1H3;9-11,14H,5-8H2,1-4H3;/q-1;;/b;12-9-;. The summed E-state index contributed by atoms with van der Waals surface area (Å²) in [7, 11) is 0. The van der Waals surface area contributed by atoms with Crippen LogP contribution < -0.4 is 0 Å². The predicted molar refractivity (Wildman–Crippen MR) is 178 cm³/mol. The summed E-state index contributed by atoms with van der Waals surface area (Å²) in [5, 5.41) is 14.9. The molecular weight excluding hydrogens is 707 g/mol. The molecule has 4 heteroatoms. The van der Waals surface area contributed by atoms with E-state index in [1.807, 2.05) is 46.0 Å². The normalized spacial score (nSPS) is 11.4. The van der Waals surface area contributed by atoms with E-state index in [4.69, 9.17) is 0 Å². The molecule has 0 bridgehead atoms. The molecule has 43 heavy (non-hydrogen) atoms. The fraction of sp³-hybridized carbons (Fsp3) is 0.282. The minimum absolute atomic E-state index is 0. The molecule has 5 aromatic rings. The number of aliphatic hydroxyl groups excluding tert-OH is 1. The zero-order chi connectivity index (χ0) is 30.1. The minimum Gasteiger partial charge on any atom is -0.512 e. The van der Waals surface area contributed by atoms with Crippen LogP contribution in [0.4, 0.5) is 0 Å². The van der Waals surface area contributed by atoms with Gasteiger partial charge in [-0.2, -0.15) is 0 Å². The SMILES string of the molecule is CCC(CC)C(=O)/C=C(\O)C(CC)CC.Cc1ccnc(-c2[c-]ccc(-c3cc4ccccc4c4ccccc34)c2)c1.[Ir]. The Labute approximate surface area is 270 Å². The van der Waals surface area contributed by atoms with Gasteiger partial charge in [0.25, 0.3) is 0 Å². The van der Waals surface area contributed by atoms with E-state index in [1.54, 1.807) is 0 Å². The molecule has 4 aromatic carbocycles. The fourth-order valence-corrected chi connectivity index (χ4v) is 5.54. The van der Waals surface area contributed by atoms with Crippen LogP contribution in [0.3, 0.4) is 0 Å². The third-order valence-corrected chi connectivity index (χ3v) is 8.15. The Hall–Kier alpha value is -3.59. The number of allylic oxidation sites excluding steroid dienone is 2. The van der Waals surface area contributed by atoms with Gasteiger partial charge < -0.3 is 10.1 Å². The van der Waals surface area contributed by atoms with Crippen LogP contribution in [0, 0.1) is 24.8 Å². The molecule has 0 atom stereocenters. The van der Waals surface area contributed by atoms with Crippen molar-refractivity contribution in [3.05, 3.63) is 115 Å². The van der Waals surface area contributed by atoms with Crippen LogP contribution in [0.2, 0.25) is 0 Å². The largest absolute Gasteiger partial charge is 0.512 e. The van der Waals surface area contributed by atoms with Gasteiger partial charge in [-0.05, 0) is 77.5 Å². The van der Waals surface area contributed by atoms with Crippen LogP contribution in [-0.4, -0.2) is 15.9 Å². The van der Waals surface area contributed by atoms with E-state index in [2.05, 4.69) is 90.8 Å². The molecule has 0 fully saturated rings. The Morgan fingerprint density at radius 1 is 0.814 bits per heavy atom. The number of nitrogens with zero attached hydrogens (tertiary/aromatic N) is 1. The molecule has 1 aromatic heterocycles. The smallest absolute Gasteiger partial charge is 0.162 e. The van der Waals surface area contributed by atoms with E-state index < -0.39 is 0 Å². The number of rotatable bonds is 9. The van der Waals surface area contributed by atoms with Crippen LogP contribution in [0.25, 0.3) is 43.9 Å². The number of fused-ring (bicyclic) bond motifs is 3. The number of aliphatic hydroxyl groups is 1. The maximum Gasteiger partial charge on any atom is 0.162 e. The maximum atomic E-state index is 11.7. The van der Waals surface area contributed by atoms with Crippen molar-refractivity contribution in [2.75, 3.05) is 0 Å². The van der Waals surface area contributed by atoms with Gasteiger partial charge in [0.05, 0.1) is 5.76 Å². The van der Waals surface area contributed by atoms with Crippen LogP contribution in [0.5, 0.6) is 0 Å². The summed E-state index contributed by atoms with van der Waals surface area (Å²) in [5.74, 6) is 0.547. The molecule has 5 rings (SSSR count). The molecule has 1 radical (unpaired) electrons. The van der Waals surface area contributed by atoms with Gasteiger partial charge >= 0.3 is 0 Å². The van der Waals surface area contributed by atoms with Gasteiger partial charge in [-0.3, -0.25) is 4.79 Å². The van der Waals surface area contributed by atoms with E-state index in [0.29, 0.717) is 0 Å². The number of hydrogen-bond acceptors (Lipinski definition) is 3. The van der Waals surface area contributed by atoms with Gasteiger partial charge in [0.1, 0.15) is 0 Å². The average molecular weight is 749 g/mol. The zero-order valence-corrected chi connectivity index (χ0v) is 28.3. The molecule has 0 aliphatic rings. The topological polar surface area (TPSA) is 50.2 Å². The van der Waals surface area contributed by atoms with E-state index in [0.717, 1.165) is 36.9 Å². The number of aryl methyl sites for hydroxylation is 1. The first kappa shape index (κ1) is 33.9. The summed E-state index contributed by atoms with van der Waals surface area (Å²) in [4.78, 5) is 16.2. The summed E-state index contributed by atoms with van der Waals surface area (Å²) in [5.41, 5.74) is 5.62. The number of carbonyl (C=O) groups excluding carboxylic acids is 1. The summed E-state index contributed by atoms with van der Waals surface area (Å²) in [6.45, 7) is 10.2. The number of hydrogen-bond donors (Lipinski definition) is 1. The number of aromatic nitrogens is 1. The average Bonchev–Trinajstić information content (AvgIpc) is 3.02. The monoisotopic (exact) mass is 749 g/mol. The first-order valence-corrected chi connectivity index (χ1v) is 15.2. The number of benzene rings is 4. The van der Waals surface area contributed by atoms with Gasteiger partial charge in [0, 0.05) is 44.2 Å². The second-order valence-corrected chi connectivity index (χ2v) is 10.9. The fourth-order valence-electron chi connectivity index (χ4n) is 5.54. The van der Waals surface area contributed by atoms with Gasteiger partial charge in [0.2, 0.25) is 0 Å². The predicted octanol–water partition coefficient (Wildman–Crippen LogP) is 10.7. The third-order valence-electron chi connectivity index (χ3n) is 8.15. The Morgan fingerprint density at radius 2 is 1.44 bits per heavy atom. The number of pyridine rings is 1. The molecule has 0 unspecified atom stereocenters. The van der Waals surface area contributed by atoms with E-state index >= 15 is 0 Å². The molecule has 1 N–H and O–H groups in total. The van der Waals surface area contributed by atoms with E-state index in [-0.39, 0.29) is 43.5 Å². The second kappa shape index (κ2) is 16.3. The first-order chi connectivity index (χ1) is 20.4. The maximum absolute atomic E-state index is 11.7. The Bertz CT molecular complexity index is 1680. The van der Waals surface area contributed by atoms with Gasteiger partial charge in [-0.15, -0.1) is 35.4 Å². The second-order valence-electron chi connectivity index (χ2n) is 10.9. The van der Waals surface area contributed by atoms with Crippen molar-refractivity contribution in [3.8, 4) is 22.4 Å². The molecule has 225 valence electrons. The summed E-state index contributed by atoms with van der Waals surface area (Å²) < 4.78 is 0. The van der Waals surface area contributed by atoms with E-state index in [9.17, 15) is 9.90 Å². The van der Waals surface area contributed by atoms with Crippen LogP contribution in [0.1, 0.15) is 58.9 Å². The number of ketones is 1. The van der Waals surface area contributed by atoms with Crippen molar-refractivity contribution in [2.45, 2.75) is 60.3 Å². The molecular formula is C39H42IrNO2-. The summed E-state index contributed by atoms with van der Waals surface area (Å²) in [6, 6.07) is 33.3. The van der Waals surface area contributed by atoms with Crippen LogP contribution >= 0.6 is 0 Å². The van der Waals surface area contributed by atoms with Crippen molar-refractivity contribution in [3.63, 3.8) is 0 Å². The Balaban J connectivity index is 0.000000274. The summed E-state index contributed by atoms with van der Waals surface area (Å²) >= 11 is 0. The van der Waals surface area contributed by atoms with Gasteiger partial charge in [-0.1, -0.05) is 87.9 Å². The molecule has 0 saturated carbocycles. The quantitative estimate of drug-likeness (QED) is 0.0707. The van der Waals surface area contributed by atoms with Crippen molar-refractivity contribution in [2.24, 2.45) is 11.8 Å². The Morgan fingerprint density at radius 3 is 2.09 bits per heavy atom. The van der Waals surface area contributed by atoms with Crippen molar-refractivity contribution in [1.29, 1.82) is 0 Å². The first-order valence-electron chi connectivity index (χ1n) is 15.2. The Kier molecular flexibility index (Phi) is 12.9. The molecule has 0 saturated heterocycles. The molecule has 0 aliphatic carbocycles. The summed E-state index contributed by atoms with van der Waals surface area (Å²) in [6.07, 6.45) is 6.76. The zero-order valence-electron chi connectivity index (χ0n) is 25.9. The minimum atomic E-state index is 0. The van der Waals surface area contributed by atoms with Crippen molar-refractivity contribution >= 4 is 27.3 Å². The molecule has 0 amide bonds. The van der Waals surface area contributed by atoms with Crippen molar-refractivity contribution < 1.29 is 30.0 Å². The number of carbonyl (C=O) groups is 1. The van der Waals surface area contributed by atoms with Gasteiger partial charge in [0.15, 0.2) is 5.78 Å².